The zero-order valence-electron chi connectivity index (χ0n) is 17.2. The van der Waals surface area contributed by atoms with E-state index in [9.17, 15) is 13.6 Å². The lowest BCUT2D eigenvalue weighted by molar-refractivity contribution is 0.0918. The molecule has 8 heteroatoms. The van der Waals surface area contributed by atoms with Gasteiger partial charge in [-0.25, -0.2) is 8.78 Å². The number of carbonyl (C=O) groups is 1. The highest BCUT2D eigenvalue weighted by Crippen LogP contribution is 2.28. The monoisotopic (exact) mass is 431 g/mol. The van der Waals surface area contributed by atoms with Crippen molar-refractivity contribution in [3.8, 4) is 17.2 Å². The smallest absolute Gasteiger partial charge is 0.287 e. The standard InChI is InChI=1S/C23H23F2NO5/c1-3-28-20-8-5-15(11-22(20)29-4-2)13-26-23(27)21-10-7-17(31-21)14-30-19-9-6-16(24)12-18(19)25/h5-12H,3-4,13-14H2,1-2H3,(H,26,27). The molecule has 31 heavy (non-hydrogen) atoms. The van der Waals surface area contributed by atoms with E-state index in [1.54, 1.807) is 12.1 Å². The first kappa shape index (κ1) is 22.1. The molecule has 0 bridgehead atoms. The number of rotatable bonds is 10. The number of hydrogen-bond donors (Lipinski definition) is 1. The van der Waals surface area contributed by atoms with E-state index in [1.807, 2.05) is 26.0 Å². The lowest BCUT2D eigenvalue weighted by Gasteiger charge is -2.12. The summed E-state index contributed by atoms with van der Waals surface area (Å²) in [7, 11) is 0. The predicted molar refractivity (Wildman–Crippen MR) is 109 cm³/mol. The summed E-state index contributed by atoms with van der Waals surface area (Å²) in [4.78, 5) is 12.4. The summed E-state index contributed by atoms with van der Waals surface area (Å²) in [6, 6.07) is 11.5. The quantitative estimate of drug-likeness (QED) is 0.496. The van der Waals surface area contributed by atoms with Crippen LogP contribution in [-0.2, 0) is 13.2 Å². The molecule has 0 saturated carbocycles. The van der Waals surface area contributed by atoms with Crippen molar-refractivity contribution in [2.24, 2.45) is 0 Å². The molecular weight excluding hydrogens is 408 g/mol. The van der Waals surface area contributed by atoms with Gasteiger partial charge in [-0.15, -0.1) is 0 Å². The van der Waals surface area contributed by atoms with Crippen LogP contribution in [0.25, 0.3) is 0 Å². The first-order chi connectivity index (χ1) is 15.0. The van der Waals surface area contributed by atoms with E-state index in [4.69, 9.17) is 18.6 Å². The number of ether oxygens (including phenoxy) is 3. The Morgan fingerprint density at radius 2 is 1.65 bits per heavy atom. The van der Waals surface area contributed by atoms with Crippen LogP contribution in [0.4, 0.5) is 8.78 Å². The average Bonchev–Trinajstić information content (AvgIpc) is 3.22. The number of nitrogens with one attached hydrogen (secondary N) is 1. The van der Waals surface area contributed by atoms with Gasteiger partial charge < -0.3 is 23.9 Å². The lowest BCUT2D eigenvalue weighted by Crippen LogP contribution is -2.22. The Hall–Kier alpha value is -3.55. The van der Waals surface area contributed by atoms with Crippen molar-refractivity contribution in [3.05, 3.63) is 77.2 Å². The third-order valence-corrected chi connectivity index (χ3v) is 4.21. The predicted octanol–water partition coefficient (Wildman–Crippen LogP) is 4.86. The number of carbonyl (C=O) groups excluding carboxylic acids is 1. The summed E-state index contributed by atoms with van der Waals surface area (Å²) < 4.78 is 48.4. The SMILES string of the molecule is CCOc1ccc(CNC(=O)c2ccc(COc3ccc(F)cc3F)o2)cc1OCC. The highest BCUT2D eigenvalue weighted by molar-refractivity contribution is 5.91. The van der Waals surface area contributed by atoms with E-state index in [2.05, 4.69) is 5.32 Å². The van der Waals surface area contributed by atoms with Crippen molar-refractivity contribution >= 4 is 5.91 Å². The van der Waals surface area contributed by atoms with Crippen LogP contribution in [0.15, 0.2) is 52.9 Å². The summed E-state index contributed by atoms with van der Waals surface area (Å²) in [6.07, 6.45) is 0. The lowest BCUT2D eigenvalue weighted by atomic mass is 10.2. The molecule has 0 aliphatic rings. The van der Waals surface area contributed by atoms with Gasteiger partial charge in [0, 0.05) is 12.6 Å². The van der Waals surface area contributed by atoms with Crippen LogP contribution in [0.5, 0.6) is 17.2 Å². The number of amides is 1. The first-order valence-electron chi connectivity index (χ1n) is 9.83. The van der Waals surface area contributed by atoms with E-state index >= 15 is 0 Å². The van der Waals surface area contributed by atoms with Crippen molar-refractivity contribution in [2.45, 2.75) is 27.0 Å². The summed E-state index contributed by atoms with van der Waals surface area (Å²) in [5.74, 6) is -0.346. The fourth-order valence-electron chi connectivity index (χ4n) is 2.79. The molecule has 0 aliphatic heterocycles. The molecule has 0 radical (unpaired) electrons. The van der Waals surface area contributed by atoms with Crippen molar-refractivity contribution in [1.29, 1.82) is 0 Å². The van der Waals surface area contributed by atoms with Crippen LogP contribution < -0.4 is 19.5 Å². The second-order valence-corrected chi connectivity index (χ2v) is 6.46. The van der Waals surface area contributed by atoms with Gasteiger partial charge in [-0.3, -0.25) is 4.79 Å². The van der Waals surface area contributed by atoms with Crippen LogP contribution in [0.3, 0.4) is 0 Å². The molecule has 0 aliphatic carbocycles. The zero-order chi connectivity index (χ0) is 22.2. The van der Waals surface area contributed by atoms with Crippen LogP contribution in [-0.4, -0.2) is 19.1 Å². The van der Waals surface area contributed by atoms with Gasteiger partial charge in [0.25, 0.3) is 5.91 Å². The fraction of sp³-hybridized carbons (Fsp3) is 0.261. The summed E-state index contributed by atoms with van der Waals surface area (Å²) in [5.41, 5.74) is 0.835. The molecule has 0 saturated heterocycles. The Morgan fingerprint density at radius 3 is 2.39 bits per heavy atom. The van der Waals surface area contributed by atoms with Gasteiger partial charge in [-0.2, -0.15) is 0 Å². The summed E-state index contributed by atoms with van der Waals surface area (Å²) in [6.45, 7) is 4.95. The second kappa shape index (κ2) is 10.5. The van der Waals surface area contributed by atoms with Crippen LogP contribution >= 0.6 is 0 Å². The Balaban J connectivity index is 1.56. The third-order valence-electron chi connectivity index (χ3n) is 4.21. The topological polar surface area (TPSA) is 69.9 Å². The molecule has 1 N–H and O–H groups in total. The van der Waals surface area contributed by atoms with Crippen LogP contribution in [0, 0.1) is 11.6 Å². The maximum Gasteiger partial charge on any atom is 0.287 e. The van der Waals surface area contributed by atoms with Gasteiger partial charge in [0.2, 0.25) is 0 Å². The van der Waals surface area contributed by atoms with E-state index in [-0.39, 0.29) is 24.7 Å². The minimum Gasteiger partial charge on any atom is -0.490 e. The molecule has 3 aromatic rings. The maximum atomic E-state index is 13.6. The van der Waals surface area contributed by atoms with Crippen LogP contribution in [0.2, 0.25) is 0 Å². The number of benzene rings is 2. The molecule has 1 heterocycles. The molecule has 2 aromatic carbocycles. The van der Waals surface area contributed by atoms with Crippen molar-refractivity contribution in [1.82, 2.24) is 5.32 Å². The largest absolute Gasteiger partial charge is 0.490 e. The van der Waals surface area contributed by atoms with Crippen LogP contribution in [0.1, 0.15) is 35.7 Å². The highest BCUT2D eigenvalue weighted by atomic mass is 19.1. The molecule has 3 rings (SSSR count). The average molecular weight is 431 g/mol. The van der Waals surface area contributed by atoms with Gasteiger partial charge >= 0.3 is 0 Å². The minimum atomic E-state index is -0.814. The third kappa shape index (κ3) is 5.97. The normalized spacial score (nSPS) is 10.6. The number of furan rings is 1. The van der Waals surface area contributed by atoms with Gasteiger partial charge in [0.15, 0.2) is 28.8 Å². The summed E-state index contributed by atoms with van der Waals surface area (Å²) >= 11 is 0. The molecule has 0 spiro atoms. The Bertz CT molecular complexity index is 1030. The van der Waals surface area contributed by atoms with Gasteiger partial charge in [0.05, 0.1) is 13.2 Å². The zero-order valence-corrected chi connectivity index (χ0v) is 17.2. The maximum absolute atomic E-state index is 13.6. The van der Waals surface area contributed by atoms with Crippen molar-refractivity contribution in [3.63, 3.8) is 0 Å². The molecule has 6 nitrogen and oxygen atoms in total. The van der Waals surface area contributed by atoms with E-state index in [0.29, 0.717) is 30.5 Å². The Morgan fingerprint density at radius 1 is 0.903 bits per heavy atom. The fourth-order valence-corrected chi connectivity index (χ4v) is 2.79. The molecule has 0 unspecified atom stereocenters. The molecular formula is C23H23F2NO5. The Kier molecular flexibility index (Phi) is 7.48. The summed E-state index contributed by atoms with van der Waals surface area (Å²) in [5, 5.41) is 2.77. The molecule has 164 valence electrons. The number of halogens is 2. The van der Waals surface area contributed by atoms with E-state index < -0.39 is 17.5 Å². The van der Waals surface area contributed by atoms with Crippen molar-refractivity contribution in [2.75, 3.05) is 13.2 Å². The molecule has 0 atom stereocenters. The Labute approximate surface area is 178 Å². The highest BCUT2D eigenvalue weighted by Gasteiger charge is 2.13. The van der Waals surface area contributed by atoms with Gasteiger partial charge in [-0.1, -0.05) is 6.07 Å². The molecule has 1 amide bonds. The molecule has 0 fully saturated rings. The second-order valence-electron chi connectivity index (χ2n) is 6.46. The van der Waals surface area contributed by atoms with E-state index in [1.165, 1.54) is 12.1 Å². The van der Waals surface area contributed by atoms with E-state index in [0.717, 1.165) is 17.7 Å². The van der Waals surface area contributed by atoms with Gasteiger partial charge in [-0.05, 0) is 55.8 Å². The minimum absolute atomic E-state index is 0.0918. The molecule has 1 aromatic heterocycles. The first-order valence-corrected chi connectivity index (χ1v) is 9.83. The number of hydrogen-bond acceptors (Lipinski definition) is 5. The van der Waals surface area contributed by atoms with Gasteiger partial charge in [0.1, 0.15) is 18.2 Å². The van der Waals surface area contributed by atoms with Crippen molar-refractivity contribution < 1.29 is 32.2 Å².